The van der Waals surface area contributed by atoms with E-state index < -0.39 is 4.92 Å². The molecular formula is C16H18N2O3. The lowest BCUT2D eigenvalue weighted by atomic mass is 9.95. The molecule has 2 fully saturated rings. The number of rotatable bonds is 4. The Morgan fingerprint density at radius 2 is 2.19 bits per heavy atom. The van der Waals surface area contributed by atoms with Crippen molar-refractivity contribution in [3.05, 3.63) is 46.0 Å². The Bertz CT molecular complexity index is 597. The third kappa shape index (κ3) is 3.12. The SMILES string of the molecule is O=C(/C=C/c1cccc([N+](=O)[O-])c1)N[C@H]1C[C@@H]2CC[C@H]1C2. The largest absolute Gasteiger partial charge is 0.350 e. The fourth-order valence-corrected chi connectivity index (χ4v) is 3.57. The zero-order valence-electron chi connectivity index (χ0n) is 11.7. The van der Waals surface area contributed by atoms with Gasteiger partial charge in [0.15, 0.2) is 0 Å². The number of nitrogens with zero attached hydrogens (tertiary/aromatic N) is 1. The van der Waals surface area contributed by atoms with E-state index in [1.165, 1.54) is 37.5 Å². The molecule has 3 rings (SSSR count). The molecule has 2 saturated carbocycles. The second-order valence-electron chi connectivity index (χ2n) is 5.98. The summed E-state index contributed by atoms with van der Waals surface area (Å²) in [6.45, 7) is 0. The first-order valence-electron chi connectivity index (χ1n) is 7.35. The quantitative estimate of drug-likeness (QED) is 0.525. The molecule has 2 aliphatic rings. The number of fused-ring (bicyclic) bond motifs is 2. The van der Waals surface area contributed by atoms with Gasteiger partial charge in [-0.2, -0.15) is 0 Å². The fourth-order valence-electron chi connectivity index (χ4n) is 3.57. The van der Waals surface area contributed by atoms with E-state index in [1.807, 2.05) is 0 Å². The number of benzene rings is 1. The van der Waals surface area contributed by atoms with E-state index in [4.69, 9.17) is 0 Å². The normalized spacial score (nSPS) is 27.1. The molecule has 0 aromatic heterocycles. The summed E-state index contributed by atoms with van der Waals surface area (Å²) in [6, 6.07) is 6.57. The Morgan fingerprint density at radius 3 is 2.86 bits per heavy atom. The summed E-state index contributed by atoms with van der Waals surface area (Å²) < 4.78 is 0. The van der Waals surface area contributed by atoms with Gasteiger partial charge in [0.05, 0.1) is 4.92 Å². The van der Waals surface area contributed by atoms with Crippen molar-refractivity contribution in [2.75, 3.05) is 0 Å². The van der Waals surface area contributed by atoms with Crippen molar-refractivity contribution in [2.45, 2.75) is 31.7 Å². The second kappa shape index (κ2) is 5.68. The molecule has 0 unspecified atom stereocenters. The molecule has 2 bridgehead atoms. The minimum atomic E-state index is -0.438. The number of nitro groups is 1. The molecule has 21 heavy (non-hydrogen) atoms. The van der Waals surface area contributed by atoms with Gasteiger partial charge in [0.2, 0.25) is 5.91 Å². The van der Waals surface area contributed by atoms with Gasteiger partial charge in [0.25, 0.3) is 5.69 Å². The summed E-state index contributed by atoms with van der Waals surface area (Å²) in [6.07, 6.45) is 7.96. The molecule has 1 N–H and O–H groups in total. The maximum Gasteiger partial charge on any atom is 0.270 e. The Kier molecular flexibility index (Phi) is 3.73. The van der Waals surface area contributed by atoms with Crippen LogP contribution in [0, 0.1) is 22.0 Å². The predicted molar refractivity (Wildman–Crippen MR) is 79.5 cm³/mol. The third-order valence-electron chi connectivity index (χ3n) is 4.57. The number of hydrogen-bond donors (Lipinski definition) is 1. The highest BCUT2D eigenvalue weighted by Crippen LogP contribution is 2.44. The van der Waals surface area contributed by atoms with Gasteiger partial charge in [-0.15, -0.1) is 0 Å². The molecule has 0 spiro atoms. The van der Waals surface area contributed by atoms with Crippen LogP contribution in [0.3, 0.4) is 0 Å². The standard InChI is InChI=1S/C16H18N2O3/c19-16(17-15-10-12-4-6-13(15)8-12)7-5-11-2-1-3-14(9-11)18(20)21/h1-3,5,7,9,12-13,15H,4,6,8,10H2,(H,17,19)/b7-5+/t12-,13+,15+/m1/s1. The van der Waals surface area contributed by atoms with Crippen LogP contribution in [0.25, 0.3) is 6.08 Å². The minimum Gasteiger partial charge on any atom is -0.350 e. The molecule has 1 aromatic rings. The van der Waals surface area contributed by atoms with Crippen LogP contribution in [0.5, 0.6) is 0 Å². The molecular weight excluding hydrogens is 268 g/mol. The van der Waals surface area contributed by atoms with Crippen LogP contribution in [0.4, 0.5) is 5.69 Å². The highest BCUT2D eigenvalue weighted by molar-refractivity contribution is 5.92. The molecule has 5 heteroatoms. The summed E-state index contributed by atoms with van der Waals surface area (Å²) in [7, 11) is 0. The first-order valence-corrected chi connectivity index (χ1v) is 7.35. The van der Waals surface area contributed by atoms with Crippen LogP contribution < -0.4 is 5.32 Å². The monoisotopic (exact) mass is 286 g/mol. The van der Waals surface area contributed by atoms with E-state index in [2.05, 4.69) is 5.32 Å². The van der Waals surface area contributed by atoms with Gasteiger partial charge in [-0.05, 0) is 42.7 Å². The van der Waals surface area contributed by atoms with Gasteiger partial charge in [0, 0.05) is 24.3 Å². The Hall–Kier alpha value is -2.17. The van der Waals surface area contributed by atoms with Crippen LogP contribution in [-0.2, 0) is 4.79 Å². The lowest BCUT2D eigenvalue weighted by Crippen LogP contribution is -2.37. The van der Waals surface area contributed by atoms with E-state index in [0.29, 0.717) is 17.5 Å². The number of carbonyl (C=O) groups is 1. The van der Waals surface area contributed by atoms with Crippen molar-refractivity contribution in [3.63, 3.8) is 0 Å². The number of carbonyl (C=O) groups excluding carboxylic acids is 1. The molecule has 2 aliphatic carbocycles. The first kappa shape index (κ1) is 13.8. The Labute approximate surface area is 123 Å². The highest BCUT2D eigenvalue weighted by Gasteiger charge is 2.39. The van der Waals surface area contributed by atoms with Gasteiger partial charge < -0.3 is 5.32 Å². The van der Waals surface area contributed by atoms with Crippen molar-refractivity contribution >= 4 is 17.7 Å². The second-order valence-corrected chi connectivity index (χ2v) is 5.98. The predicted octanol–water partition coefficient (Wildman–Crippen LogP) is 2.91. The molecule has 3 atom stereocenters. The van der Waals surface area contributed by atoms with Crippen molar-refractivity contribution < 1.29 is 9.72 Å². The van der Waals surface area contributed by atoms with E-state index in [-0.39, 0.29) is 11.6 Å². The molecule has 0 saturated heterocycles. The molecule has 5 nitrogen and oxygen atoms in total. The number of amides is 1. The van der Waals surface area contributed by atoms with Crippen LogP contribution in [0.1, 0.15) is 31.2 Å². The van der Waals surface area contributed by atoms with Gasteiger partial charge in [-0.3, -0.25) is 14.9 Å². The van der Waals surface area contributed by atoms with Crippen LogP contribution >= 0.6 is 0 Å². The average molecular weight is 286 g/mol. The summed E-state index contributed by atoms with van der Waals surface area (Å²) in [5.74, 6) is 1.32. The fraction of sp³-hybridized carbons (Fsp3) is 0.438. The molecule has 0 radical (unpaired) electrons. The highest BCUT2D eigenvalue weighted by atomic mass is 16.6. The van der Waals surface area contributed by atoms with Crippen molar-refractivity contribution in [1.29, 1.82) is 0 Å². The number of hydrogen-bond acceptors (Lipinski definition) is 3. The molecule has 1 amide bonds. The van der Waals surface area contributed by atoms with Crippen molar-refractivity contribution in [2.24, 2.45) is 11.8 Å². The topological polar surface area (TPSA) is 72.2 Å². The lowest BCUT2D eigenvalue weighted by Gasteiger charge is -2.22. The third-order valence-corrected chi connectivity index (χ3v) is 4.57. The number of non-ortho nitro benzene ring substituents is 1. The van der Waals surface area contributed by atoms with Gasteiger partial charge in [0.1, 0.15) is 0 Å². The zero-order valence-corrected chi connectivity index (χ0v) is 11.7. The molecule has 0 heterocycles. The van der Waals surface area contributed by atoms with Crippen molar-refractivity contribution in [1.82, 2.24) is 5.32 Å². The molecule has 0 aliphatic heterocycles. The van der Waals surface area contributed by atoms with E-state index in [0.717, 1.165) is 12.3 Å². The number of nitrogens with one attached hydrogen (secondary N) is 1. The van der Waals surface area contributed by atoms with Crippen LogP contribution in [0.15, 0.2) is 30.3 Å². The zero-order chi connectivity index (χ0) is 14.8. The summed E-state index contributed by atoms with van der Waals surface area (Å²) >= 11 is 0. The molecule has 1 aromatic carbocycles. The first-order chi connectivity index (χ1) is 10.1. The Morgan fingerprint density at radius 1 is 1.33 bits per heavy atom. The van der Waals surface area contributed by atoms with Gasteiger partial charge >= 0.3 is 0 Å². The lowest BCUT2D eigenvalue weighted by molar-refractivity contribution is -0.384. The summed E-state index contributed by atoms with van der Waals surface area (Å²) in [5, 5.41) is 13.8. The smallest absolute Gasteiger partial charge is 0.270 e. The maximum absolute atomic E-state index is 11.9. The Balaban J connectivity index is 1.59. The van der Waals surface area contributed by atoms with Crippen LogP contribution in [-0.4, -0.2) is 16.9 Å². The van der Waals surface area contributed by atoms with Crippen molar-refractivity contribution in [3.8, 4) is 0 Å². The molecule has 110 valence electrons. The number of nitro benzene ring substituents is 1. The summed E-state index contributed by atoms with van der Waals surface area (Å²) in [4.78, 5) is 22.2. The van der Waals surface area contributed by atoms with Gasteiger partial charge in [-0.25, -0.2) is 0 Å². The average Bonchev–Trinajstić information content (AvgIpc) is 3.08. The maximum atomic E-state index is 11.9. The van der Waals surface area contributed by atoms with Crippen LogP contribution in [0.2, 0.25) is 0 Å². The van der Waals surface area contributed by atoms with Gasteiger partial charge in [-0.1, -0.05) is 18.6 Å². The summed E-state index contributed by atoms with van der Waals surface area (Å²) in [5.41, 5.74) is 0.693. The minimum absolute atomic E-state index is 0.0330. The van der Waals surface area contributed by atoms with E-state index in [1.54, 1.807) is 18.2 Å². The van der Waals surface area contributed by atoms with E-state index >= 15 is 0 Å². The van der Waals surface area contributed by atoms with E-state index in [9.17, 15) is 14.9 Å².